The molecule has 0 spiro atoms. The number of fused-ring (bicyclic) bond motifs is 3. The molecule has 0 heterocycles. The summed E-state index contributed by atoms with van der Waals surface area (Å²) in [6.07, 6.45) is 0.590. The van der Waals surface area contributed by atoms with Crippen molar-refractivity contribution < 1.29 is 29.3 Å². The summed E-state index contributed by atoms with van der Waals surface area (Å²) in [7, 11) is 0. The van der Waals surface area contributed by atoms with Crippen molar-refractivity contribution in [3.63, 3.8) is 0 Å². The number of carboxylic acids is 1. The Morgan fingerprint density at radius 3 is 2.15 bits per heavy atom. The second kappa shape index (κ2) is 11.5. The Morgan fingerprint density at radius 2 is 1.58 bits per heavy atom. The highest BCUT2D eigenvalue weighted by molar-refractivity contribution is 5.83. The third-order valence-corrected chi connectivity index (χ3v) is 5.80. The molecule has 0 aromatic heterocycles. The maximum absolute atomic E-state index is 12.3. The fourth-order valence-corrected chi connectivity index (χ4v) is 4.14. The lowest BCUT2D eigenvalue weighted by atomic mass is 9.98. The summed E-state index contributed by atoms with van der Waals surface area (Å²) in [4.78, 5) is 35.3. The molecule has 1 aliphatic rings. The Balaban J connectivity index is 1.42. The number of amides is 2. The highest BCUT2D eigenvalue weighted by Gasteiger charge is 2.29. The number of aliphatic hydroxyl groups is 1. The number of benzene rings is 2. The fraction of sp³-hybridized carbons (Fsp3) is 0.400. The van der Waals surface area contributed by atoms with Crippen molar-refractivity contribution >= 4 is 18.0 Å². The highest BCUT2D eigenvalue weighted by Crippen LogP contribution is 2.44. The molecule has 2 aromatic rings. The summed E-state index contributed by atoms with van der Waals surface area (Å²) in [6.45, 7) is 1.74. The molecule has 8 nitrogen and oxygen atoms in total. The summed E-state index contributed by atoms with van der Waals surface area (Å²) < 4.78 is 5.53. The molecule has 2 amide bonds. The van der Waals surface area contributed by atoms with Crippen LogP contribution in [-0.2, 0) is 14.3 Å². The van der Waals surface area contributed by atoms with Crippen LogP contribution in [0.4, 0.5) is 4.79 Å². The molecule has 1 unspecified atom stereocenters. The number of aliphatic hydroxyl groups excluding tert-OH is 1. The molecule has 0 fully saturated rings. The molecule has 176 valence electrons. The molecule has 8 heteroatoms. The van der Waals surface area contributed by atoms with Crippen LogP contribution in [0.3, 0.4) is 0 Å². The van der Waals surface area contributed by atoms with Gasteiger partial charge in [0.15, 0.2) is 0 Å². The van der Waals surface area contributed by atoms with Gasteiger partial charge in [0, 0.05) is 31.4 Å². The Hall–Kier alpha value is -3.39. The molecule has 2 aromatic carbocycles. The van der Waals surface area contributed by atoms with E-state index >= 15 is 0 Å². The zero-order chi connectivity index (χ0) is 23.8. The Bertz CT molecular complexity index is 947. The van der Waals surface area contributed by atoms with Gasteiger partial charge in [0.1, 0.15) is 12.6 Å². The van der Waals surface area contributed by atoms with E-state index in [4.69, 9.17) is 14.9 Å². The van der Waals surface area contributed by atoms with Gasteiger partial charge < -0.3 is 25.6 Å². The standard InChI is InChI=1S/C25H30N2O6/c1-16(7-6-12-23(29)27-22(13-14-28)24(30)31)26-25(32)33-15-21-19-10-4-2-8-17(19)18-9-3-5-11-20(18)21/h2-5,8-11,16,21-22,28H,6-7,12-15H2,1H3,(H,26,32)(H,27,29)(H,30,31)/t16?,22-/m1/s1. The smallest absolute Gasteiger partial charge is 0.407 e. The van der Waals surface area contributed by atoms with E-state index < -0.39 is 24.0 Å². The summed E-state index contributed by atoms with van der Waals surface area (Å²) in [5.74, 6) is -1.59. The zero-order valence-corrected chi connectivity index (χ0v) is 18.6. The normalized spacial score (nSPS) is 14.0. The minimum atomic E-state index is -1.18. The summed E-state index contributed by atoms with van der Waals surface area (Å²) in [5.41, 5.74) is 4.62. The molecule has 3 rings (SSSR count). The number of rotatable bonds is 11. The van der Waals surface area contributed by atoms with Gasteiger partial charge in [-0.3, -0.25) is 4.79 Å². The predicted molar refractivity (Wildman–Crippen MR) is 123 cm³/mol. The largest absolute Gasteiger partial charge is 0.480 e. The van der Waals surface area contributed by atoms with Crippen molar-refractivity contribution in [1.29, 1.82) is 0 Å². The topological polar surface area (TPSA) is 125 Å². The van der Waals surface area contributed by atoms with Crippen LogP contribution in [0.5, 0.6) is 0 Å². The lowest BCUT2D eigenvalue weighted by molar-refractivity contribution is -0.142. The van der Waals surface area contributed by atoms with Crippen LogP contribution in [0.15, 0.2) is 48.5 Å². The van der Waals surface area contributed by atoms with Crippen molar-refractivity contribution in [3.8, 4) is 11.1 Å². The van der Waals surface area contributed by atoms with Crippen LogP contribution in [0.25, 0.3) is 11.1 Å². The van der Waals surface area contributed by atoms with E-state index in [-0.39, 0.29) is 38.0 Å². The molecule has 0 bridgehead atoms. The van der Waals surface area contributed by atoms with E-state index in [1.165, 1.54) is 0 Å². The lowest BCUT2D eigenvalue weighted by Crippen LogP contribution is -2.41. The summed E-state index contributed by atoms with van der Waals surface area (Å²) >= 11 is 0. The number of hydrogen-bond acceptors (Lipinski definition) is 5. The molecule has 1 aliphatic carbocycles. The van der Waals surface area contributed by atoms with Gasteiger partial charge in [-0.15, -0.1) is 0 Å². The van der Waals surface area contributed by atoms with Crippen molar-refractivity contribution in [2.24, 2.45) is 0 Å². The molecular formula is C25H30N2O6. The first kappa shape index (κ1) is 24.3. The van der Waals surface area contributed by atoms with Crippen molar-refractivity contribution in [2.45, 2.75) is 50.6 Å². The number of aliphatic carboxylic acids is 1. The maximum atomic E-state index is 12.3. The first-order valence-corrected chi connectivity index (χ1v) is 11.1. The van der Waals surface area contributed by atoms with Gasteiger partial charge in [0.05, 0.1) is 0 Å². The minimum Gasteiger partial charge on any atom is -0.480 e. The number of carboxylic acid groups (broad SMARTS) is 1. The lowest BCUT2D eigenvalue weighted by Gasteiger charge is -2.17. The molecule has 0 saturated heterocycles. The Morgan fingerprint density at radius 1 is 0.970 bits per heavy atom. The molecule has 2 atom stereocenters. The van der Waals surface area contributed by atoms with Crippen molar-refractivity contribution in [1.82, 2.24) is 10.6 Å². The average molecular weight is 455 g/mol. The summed E-state index contributed by atoms with van der Waals surface area (Å²) in [6, 6.07) is 14.9. The number of ether oxygens (including phenoxy) is 1. The van der Waals surface area contributed by atoms with Gasteiger partial charge in [-0.1, -0.05) is 48.5 Å². The molecule has 33 heavy (non-hydrogen) atoms. The van der Waals surface area contributed by atoms with Crippen molar-refractivity contribution in [2.75, 3.05) is 13.2 Å². The molecule has 4 N–H and O–H groups in total. The van der Waals surface area contributed by atoms with Gasteiger partial charge in [-0.05, 0) is 42.0 Å². The van der Waals surface area contributed by atoms with Crippen LogP contribution < -0.4 is 10.6 Å². The predicted octanol–water partition coefficient (Wildman–Crippen LogP) is 3.04. The Kier molecular flexibility index (Phi) is 8.43. The van der Waals surface area contributed by atoms with Gasteiger partial charge in [0.25, 0.3) is 0 Å². The second-order valence-corrected chi connectivity index (χ2v) is 8.23. The third kappa shape index (κ3) is 6.32. The SMILES string of the molecule is CC(CCCC(=O)N[C@H](CCO)C(=O)O)NC(=O)OCC1c2ccccc2-c2ccccc21. The first-order chi connectivity index (χ1) is 15.9. The van der Waals surface area contributed by atoms with E-state index in [1.807, 2.05) is 31.2 Å². The quantitative estimate of drug-likeness (QED) is 0.414. The van der Waals surface area contributed by atoms with Crippen LogP contribution in [0, 0.1) is 0 Å². The van der Waals surface area contributed by atoms with E-state index in [0.29, 0.717) is 12.8 Å². The zero-order valence-electron chi connectivity index (χ0n) is 18.6. The number of hydrogen-bond donors (Lipinski definition) is 4. The number of alkyl carbamates (subject to hydrolysis) is 1. The van der Waals surface area contributed by atoms with Gasteiger partial charge in [-0.2, -0.15) is 0 Å². The van der Waals surface area contributed by atoms with Crippen LogP contribution in [-0.4, -0.2) is 53.5 Å². The average Bonchev–Trinajstić information content (AvgIpc) is 3.11. The van der Waals surface area contributed by atoms with Gasteiger partial charge in [0.2, 0.25) is 5.91 Å². The van der Waals surface area contributed by atoms with E-state index in [0.717, 1.165) is 22.3 Å². The van der Waals surface area contributed by atoms with Gasteiger partial charge in [-0.25, -0.2) is 9.59 Å². The fourth-order valence-electron chi connectivity index (χ4n) is 4.14. The van der Waals surface area contributed by atoms with Gasteiger partial charge >= 0.3 is 12.1 Å². The number of carbonyl (C=O) groups excluding carboxylic acids is 2. The van der Waals surface area contributed by atoms with Crippen LogP contribution in [0.1, 0.15) is 49.7 Å². The highest BCUT2D eigenvalue weighted by atomic mass is 16.5. The maximum Gasteiger partial charge on any atom is 0.407 e. The Labute approximate surface area is 193 Å². The molecular weight excluding hydrogens is 424 g/mol. The number of nitrogens with one attached hydrogen (secondary N) is 2. The summed E-state index contributed by atoms with van der Waals surface area (Å²) in [5, 5.41) is 23.1. The minimum absolute atomic E-state index is 0.0109. The molecule has 0 radical (unpaired) electrons. The number of carbonyl (C=O) groups is 3. The third-order valence-electron chi connectivity index (χ3n) is 5.80. The molecule has 0 aliphatic heterocycles. The van der Waals surface area contributed by atoms with E-state index in [1.54, 1.807) is 0 Å². The van der Waals surface area contributed by atoms with Crippen LogP contribution in [0.2, 0.25) is 0 Å². The second-order valence-electron chi connectivity index (χ2n) is 8.23. The molecule has 0 saturated carbocycles. The monoisotopic (exact) mass is 454 g/mol. The van der Waals surface area contributed by atoms with E-state index in [2.05, 4.69) is 34.9 Å². The first-order valence-electron chi connectivity index (χ1n) is 11.1. The van der Waals surface area contributed by atoms with E-state index in [9.17, 15) is 14.4 Å². The van der Waals surface area contributed by atoms with Crippen molar-refractivity contribution in [3.05, 3.63) is 59.7 Å². The van der Waals surface area contributed by atoms with Crippen LogP contribution >= 0.6 is 0 Å².